The number of hydrogen-bond donors (Lipinski definition) is 0. The normalized spacial score (nSPS) is 16.1. The maximum Gasteiger partial charge on any atom is 0.415 e. The number of piperazine rings is 3. The molecule has 15 nitrogen and oxygen atoms in total. The molecule has 0 radical (unpaired) electrons. The molecule has 0 bridgehead atoms. The number of para-hydroxylation sites is 3. The lowest BCUT2D eigenvalue weighted by atomic mass is 10.1. The van der Waals surface area contributed by atoms with E-state index in [9.17, 15) is 14.4 Å². The molecule has 0 saturated carbocycles. The average molecular weight is 925 g/mol. The number of hydrogen-bond acceptors (Lipinski definition) is 12. The Morgan fingerprint density at radius 2 is 0.721 bits per heavy atom. The lowest BCUT2D eigenvalue weighted by Gasteiger charge is -2.34. The SMILES string of the molecule is COc1ccccc1CN1CCN(C(=O)Oc2ccc(/C=C/c3cc(OC(=O)N4CCN(Cc5ccccc5OC)CC4)cc(OC(=O)N4CCN(Cc5ccccc5OC)CC4)c3)cc2)CC1. The summed E-state index contributed by atoms with van der Waals surface area (Å²) in [5, 5.41) is 0. The molecular weight excluding hydrogens is 865 g/mol. The number of amides is 3. The summed E-state index contributed by atoms with van der Waals surface area (Å²) in [7, 11) is 5.02. The van der Waals surface area contributed by atoms with Gasteiger partial charge < -0.3 is 43.1 Å². The quantitative estimate of drug-likeness (QED) is 0.101. The molecule has 5 aromatic carbocycles. The van der Waals surface area contributed by atoms with Gasteiger partial charge in [-0.2, -0.15) is 0 Å². The molecule has 15 heteroatoms. The van der Waals surface area contributed by atoms with E-state index in [0.29, 0.717) is 89.9 Å². The van der Waals surface area contributed by atoms with Gasteiger partial charge in [-0.05, 0) is 53.6 Å². The van der Waals surface area contributed by atoms with E-state index in [2.05, 4.69) is 32.9 Å². The molecule has 0 atom stereocenters. The second-order valence-electron chi connectivity index (χ2n) is 17.0. The van der Waals surface area contributed by atoms with Gasteiger partial charge in [-0.15, -0.1) is 0 Å². The molecule has 3 amide bonds. The van der Waals surface area contributed by atoms with Crippen LogP contribution >= 0.6 is 0 Å². The van der Waals surface area contributed by atoms with Gasteiger partial charge in [0.15, 0.2) is 0 Å². The van der Waals surface area contributed by atoms with Crippen LogP contribution in [0.2, 0.25) is 0 Å². The number of benzene rings is 5. The van der Waals surface area contributed by atoms with Crippen LogP contribution in [0.25, 0.3) is 12.2 Å². The molecule has 0 spiro atoms. The molecule has 0 unspecified atom stereocenters. The zero-order chi connectivity index (χ0) is 47.2. The number of methoxy groups -OCH3 is 3. The minimum Gasteiger partial charge on any atom is -0.496 e. The fourth-order valence-electron chi connectivity index (χ4n) is 8.63. The fourth-order valence-corrected chi connectivity index (χ4v) is 8.63. The molecule has 0 aromatic heterocycles. The van der Waals surface area contributed by atoms with E-state index in [1.807, 2.05) is 78.9 Å². The van der Waals surface area contributed by atoms with E-state index in [1.54, 1.807) is 66.4 Å². The molecule has 356 valence electrons. The van der Waals surface area contributed by atoms with E-state index in [1.165, 1.54) is 0 Å². The van der Waals surface area contributed by atoms with Gasteiger partial charge in [-0.25, -0.2) is 14.4 Å². The summed E-state index contributed by atoms with van der Waals surface area (Å²) in [4.78, 5) is 52.3. The highest BCUT2D eigenvalue weighted by atomic mass is 16.6. The van der Waals surface area contributed by atoms with Gasteiger partial charge in [0.05, 0.1) is 21.3 Å². The van der Waals surface area contributed by atoms with Crippen LogP contribution in [0.3, 0.4) is 0 Å². The van der Waals surface area contributed by atoms with Gasteiger partial charge in [0.1, 0.15) is 34.5 Å². The van der Waals surface area contributed by atoms with Gasteiger partial charge >= 0.3 is 18.3 Å². The van der Waals surface area contributed by atoms with E-state index < -0.39 is 12.2 Å². The Bertz CT molecular complexity index is 2410. The summed E-state index contributed by atoms with van der Waals surface area (Å²) in [6.07, 6.45) is 2.40. The van der Waals surface area contributed by atoms with Crippen molar-refractivity contribution in [3.63, 3.8) is 0 Å². The third-order valence-corrected chi connectivity index (χ3v) is 12.5. The smallest absolute Gasteiger partial charge is 0.415 e. The predicted octanol–water partition coefficient (Wildman–Crippen LogP) is 7.83. The maximum atomic E-state index is 13.6. The van der Waals surface area contributed by atoms with Crippen molar-refractivity contribution < 1.29 is 42.8 Å². The second kappa shape index (κ2) is 23.1. The monoisotopic (exact) mass is 924 g/mol. The molecule has 0 N–H and O–H groups in total. The number of ether oxygens (including phenoxy) is 6. The van der Waals surface area contributed by atoms with Crippen LogP contribution in [0.4, 0.5) is 14.4 Å². The molecule has 3 aliphatic rings. The van der Waals surface area contributed by atoms with Gasteiger partial charge in [0.2, 0.25) is 0 Å². The molecule has 8 rings (SSSR count). The van der Waals surface area contributed by atoms with E-state index in [0.717, 1.165) is 59.1 Å². The van der Waals surface area contributed by atoms with Crippen LogP contribution in [0.1, 0.15) is 27.8 Å². The third-order valence-electron chi connectivity index (χ3n) is 12.5. The molecule has 68 heavy (non-hydrogen) atoms. The van der Waals surface area contributed by atoms with Crippen molar-refractivity contribution in [2.45, 2.75) is 19.6 Å². The van der Waals surface area contributed by atoms with Crippen molar-refractivity contribution in [2.24, 2.45) is 0 Å². The van der Waals surface area contributed by atoms with Gasteiger partial charge in [-0.3, -0.25) is 14.7 Å². The van der Waals surface area contributed by atoms with E-state index in [-0.39, 0.29) is 17.6 Å². The lowest BCUT2D eigenvalue weighted by molar-refractivity contribution is 0.106. The highest BCUT2D eigenvalue weighted by molar-refractivity contribution is 5.76. The summed E-state index contributed by atoms with van der Waals surface area (Å²) in [6.45, 7) is 9.40. The van der Waals surface area contributed by atoms with Crippen molar-refractivity contribution in [1.29, 1.82) is 0 Å². The Morgan fingerprint density at radius 3 is 1.07 bits per heavy atom. The van der Waals surface area contributed by atoms with E-state index >= 15 is 0 Å². The Balaban J connectivity index is 0.887. The molecule has 5 aromatic rings. The van der Waals surface area contributed by atoms with Crippen LogP contribution in [-0.4, -0.2) is 148 Å². The largest absolute Gasteiger partial charge is 0.496 e. The number of nitrogens with zero attached hydrogens (tertiary/aromatic N) is 6. The Hall–Kier alpha value is -7.07. The van der Waals surface area contributed by atoms with Gasteiger partial charge in [0.25, 0.3) is 0 Å². The fraction of sp³-hybridized carbons (Fsp3) is 0.340. The number of carbonyl (C=O) groups excluding carboxylic acids is 3. The minimum absolute atomic E-state index is 0.251. The zero-order valence-electron chi connectivity index (χ0n) is 39.1. The first kappa shape index (κ1) is 47.4. The molecule has 3 fully saturated rings. The first-order valence-electron chi connectivity index (χ1n) is 23.1. The Labute approximate surface area is 398 Å². The van der Waals surface area contributed by atoms with Crippen LogP contribution in [-0.2, 0) is 19.6 Å². The highest BCUT2D eigenvalue weighted by Gasteiger charge is 2.27. The maximum absolute atomic E-state index is 13.6. The van der Waals surface area contributed by atoms with Crippen molar-refractivity contribution in [1.82, 2.24) is 29.4 Å². The van der Waals surface area contributed by atoms with Crippen molar-refractivity contribution in [2.75, 3.05) is 99.9 Å². The summed E-state index contributed by atoms with van der Waals surface area (Å²) < 4.78 is 34.3. The van der Waals surface area contributed by atoms with E-state index in [4.69, 9.17) is 28.4 Å². The number of rotatable bonds is 14. The predicted molar refractivity (Wildman–Crippen MR) is 259 cm³/mol. The van der Waals surface area contributed by atoms with Gasteiger partial charge in [-0.1, -0.05) is 78.9 Å². The first-order valence-corrected chi connectivity index (χ1v) is 23.1. The molecular formula is C53H60N6O9. The van der Waals surface area contributed by atoms with Gasteiger partial charge in [0, 0.05) is 121 Å². The summed E-state index contributed by atoms with van der Waals surface area (Å²) in [5.41, 5.74) is 4.79. The number of carbonyl (C=O) groups is 3. The lowest BCUT2D eigenvalue weighted by Crippen LogP contribution is -2.49. The topological polar surface area (TPSA) is 126 Å². The standard InChI is InChI=1S/C53H60N6O9/c1-63-48-13-7-4-10-42(48)37-54-22-28-57(29-23-54)51(60)66-45-20-18-40(19-21-45)16-17-41-34-46(67-52(61)58-30-24-55(25-31-58)38-43-11-5-8-14-49(43)64-2)36-47(35-41)68-53(62)59-32-26-56(27-33-59)39-44-12-6-9-15-50(44)65-3/h4-21,34-36H,22-33,37-39H2,1-3H3/b17-16+. The zero-order valence-corrected chi connectivity index (χ0v) is 39.1. The summed E-state index contributed by atoms with van der Waals surface area (Å²) in [5.74, 6) is 3.48. The van der Waals surface area contributed by atoms with Crippen molar-refractivity contribution >= 4 is 30.4 Å². The summed E-state index contributed by atoms with van der Waals surface area (Å²) in [6, 6.07) is 36.2. The Kier molecular flexibility index (Phi) is 16.1. The Morgan fingerprint density at radius 1 is 0.397 bits per heavy atom. The van der Waals surface area contributed by atoms with Crippen molar-refractivity contribution in [3.05, 3.63) is 143 Å². The highest BCUT2D eigenvalue weighted by Crippen LogP contribution is 2.28. The summed E-state index contributed by atoms with van der Waals surface area (Å²) >= 11 is 0. The van der Waals surface area contributed by atoms with Crippen molar-refractivity contribution in [3.8, 4) is 34.5 Å². The van der Waals surface area contributed by atoms with Crippen LogP contribution in [0.5, 0.6) is 34.5 Å². The average Bonchev–Trinajstić information content (AvgIpc) is 3.37. The molecule has 3 heterocycles. The third kappa shape index (κ3) is 12.7. The van der Waals surface area contributed by atoms with Crippen LogP contribution in [0.15, 0.2) is 115 Å². The minimum atomic E-state index is -0.480. The molecule has 0 aliphatic carbocycles. The first-order chi connectivity index (χ1) is 33.2. The van der Waals surface area contributed by atoms with Crippen LogP contribution < -0.4 is 28.4 Å². The second-order valence-corrected chi connectivity index (χ2v) is 17.0. The molecule has 3 aliphatic heterocycles. The molecule has 3 saturated heterocycles. The van der Waals surface area contributed by atoms with Crippen LogP contribution in [0, 0.1) is 0 Å².